The molecule has 0 amide bonds. The van der Waals surface area contributed by atoms with Crippen LogP contribution in [0.1, 0.15) is 13.3 Å². The minimum atomic E-state index is -0.880. The molecule has 0 rings (SSSR count). The highest BCUT2D eigenvalue weighted by Crippen LogP contribution is 1.95. The second-order valence-electron chi connectivity index (χ2n) is 1.83. The van der Waals surface area contributed by atoms with Gasteiger partial charge < -0.3 is 10.5 Å². The fourth-order valence-corrected chi connectivity index (χ4v) is 0.510. The summed E-state index contributed by atoms with van der Waals surface area (Å²) >= 11 is 0. The van der Waals surface area contributed by atoms with E-state index in [1.807, 2.05) is 6.92 Å². The molecule has 0 spiro atoms. The lowest BCUT2D eigenvalue weighted by Crippen LogP contribution is -2.15. The Morgan fingerprint density at radius 2 is 2.33 bits per heavy atom. The van der Waals surface area contributed by atoms with E-state index in [4.69, 9.17) is 10.5 Å². The average molecular weight is 135 g/mol. The quantitative estimate of drug-likeness (QED) is 0.602. The summed E-state index contributed by atoms with van der Waals surface area (Å²) in [5.74, 6) is 0. The first kappa shape index (κ1) is 8.85. The van der Waals surface area contributed by atoms with Crippen molar-refractivity contribution in [3.05, 3.63) is 0 Å². The van der Waals surface area contributed by atoms with Crippen LogP contribution >= 0.6 is 0 Å². The first-order chi connectivity index (χ1) is 4.31. The van der Waals surface area contributed by atoms with E-state index in [-0.39, 0.29) is 6.61 Å². The molecule has 56 valence electrons. The largest absolute Gasteiger partial charge is 0.379 e. The molecule has 0 aliphatic rings. The fourth-order valence-electron chi connectivity index (χ4n) is 0.510. The third-order valence-electron chi connectivity index (χ3n) is 0.983. The molecule has 2 N–H and O–H groups in total. The monoisotopic (exact) mass is 135 g/mol. The summed E-state index contributed by atoms with van der Waals surface area (Å²) in [6, 6.07) is 0. The highest BCUT2D eigenvalue weighted by Gasteiger charge is 2.02. The van der Waals surface area contributed by atoms with E-state index in [0.29, 0.717) is 19.6 Å². The van der Waals surface area contributed by atoms with Gasteiger partial charge in [0, 0.05) is 6.61 Å². The number of alkyl halides is 1. The van der Waals surface area contributed by atoms with Gasteiger partial charge in [-0.25, -0.2) is 4.39 Å². The molecule has 0 heterocycles. The van der Waals surface area contributed by atoms with Crippen molar-refractivity contribution in [1.82, 2.24) is 0 Å². The Labute approximate surface area is 55.2 Å². The summed E-state index contributed by atoms with van der Waals surface area (Å²) in [4.78, 5) is 0. The van der Waals surface area contributed by atoms with Gasteiger partial charge >= 0.3 is 0 Å². The minimum Gasteiger partial charge on any atom is -0.379 e. The van der Waals surface area contributed by atoms with Gasteiger partial charge in [0.1, 0.15) is 6.17 Å². The van der Waals surface area contributed by atoms with Gasteiger partial charge in [0.05, 0.1) is 6.61 Å². The predicted octanol–water partition coefficient (Wildman–Crippen LogP) is 0.710. The van der Waals surface area contributed by atoms with E-state index in [9.17, 15) is 4.39 Å². The van der Waals surface area contributed by atoms with Crippen molar-refractivity contribution in [2.24, 2.45) is 5.73 Å². The van der Waals surface area contributed by atoms with Crippen molar-refractivity contribution >= 4 is 0 Å². The van der Waals surface area contributed by atoms with Crippen LogP contribution in [-0.2, 0) is 4.74 Å². The standard InChI is InChI=1S/C6H14FNO/c1-2-9-5-6(7)3-4-8/h6H,2-5,8H2,1H3. The summed E-state index contributed by atoms with van der Waals surface area (Å²) in [5.41, 5.74) is 5.11. The van der Waals surface area contributed by atoms with Crippen LogP contribution in [0.15, 0.2) is 0 Å². The first-order valence-electron chi connectivity index (χ1n) is 3.23. The molecule has 1 unspecified atom stereocenters. The zero-order valence-corrected chi connectivity index (χ0v) is 5.77. The van der Waals surface area contributed by atoms with Gasteiger partial charge in [0.25, 0.3) is 0 Å². The van der Waals surface area contributed by atoms with E-state index in [2.05, 4.69) is 0 Å². The van der Waals surface area contributed by atoms with Gasteiger partial charge in [-0.05, 0) is 19.9 Å². The molecule has 0 fully saturated rings. The zero-order valence-electron chi connectivity index (χ0n) is 5.77. The Balaban J connectivity index is 2.95. The molecule has 0 radical (unpaired) electrons. The molecule has 0 saturated carbocycles. The smallest absolute Gasteiger partial charge is 0.125 e. The highest BCUT2D eigenvalue weighted by molar-refractivity contribution is 4.53. The molecule has 0 aromatic heterocycles. The maximum atomic E-state index is 12.4. The van der Waals surface area contributed by atoms with Gasteiger partial charge in [-0.2, -0.15) is 0 Å². The Hall–Kier alpha value is -0.150. The van der Waals surface area contributed by atoms with Crippen LogP contribution in [0.4, 0.5) is 4.39 Å². The SMILES string of the molecule is CCOCC(F)CCN. The number of hydrogen-bond acceptors (Lipinski definition) is 2. The van der Waals surface area contributed by atoms with Crippen LogP contribution in [0, 0.1) is 0 Å². The molecule has 1 atom stereocenters. The molecular formula is C6H14FNO. The zero-order chi connectivity index (χ0) is 7.11. The topological polar surface area (TPSA) is 35.2 Å². The summed E-state index contributed by atoms with van der Waals surface area (Å²) in [6.45, 7) is 3.00. The lowest BCUT2D eigenvalue weighted by molar-refractivity contribution is 0.0869. The van der Waals surface area contributed by atoms with Crippen LogP contribution in [-0.4, -0.2) is 25.9 Å². The molecule has 2 nitrogen and oxygen atoms in total. The second-order valence-corrected chi connectivity index (χ2v) is 1.83. The summed E-state index contributed by atoms with van der Waals surface area (Å²) < 4.78 is 17.2. The van der Waals surface area contributed by atoms with E-state index < -0.39 is 6.17 Å². The minimum absolute atomic E-state index is 0.188. The lowest BCUT2D eigenvalue weighted by Gasteiger charge is -2.04. The third kappa shape index (κ3) is 5.73. The molecule has 3 heteroatoms. The van der Waals surface area contributed by atoms with Crippen molar-refractivity contribution in [2.45, 2.75) is 19.5 Å². The summed E-state index contributed by atoms with van der Waals surface area (Å²) in [5, 5.41) is 0. The molecule has 0 aliphatic heterocycles. The molecule has 0 aromatic rings. The van der Waals surface area contributed by atoms with E-state index in [0.717, 1.165) is 0 Å². The van der Waals surface area contributed by atoms with E-state index in [1.165, 1.54) is 0 Å². The Morgan fingerprint density at radius 3 is 2.78 bits per heavy atom. The number of ether oxygens (including phenoxy) is 1. The van der Waals surface area contributed by atoms with Crippen molar-refractivity contribution in [3.63, 3.8) is 0 Å². The number of rotatable bonds is 5. The van der Waals surface area contributed by atoms with Gasteiger partial charge in [-0.3, -0.25) is 0 Å². The van der Waals surface area contributed by atoms with E-state index in [1.54, 1.807) is 0 Å². The van der Waals surface area contributed by atoms with E-state index >= 15 is 0 Å². The van der Waals surface area contributed by atoms with Gasteiger partial charge in [-0.15, -0.1) is 0 Å². The Morgan fingerprint density at radius 1 is 1.67 bits per heavy atom. The number of nitrogens with two attached hydrogens (primary N) is 1. The predicted molar refractivity (Wildman–Crippen MR) is 35.1 cm³/mol. The van der Waals surface area contributed by atoms with Gasteiger partial charge in [-0.1, -0.05) is 0 Å². The highest BCUT2D eigenvalue weighted by atomic mass is 19.1. The van der Waals surface area contributed by atoms with Gasteiger partial charge in [0.2, 0.25) is 0 Å². The lowest BCUT2D eigenvalue weighted by atomic mass is 10.3. The van der Waals surface area contributed by atoms with Gasteiger partial charge in [0.15, 0.2) is 0 Å². The molecule has 9 heavy (non-hydrogen) atoms. The molecule has 0 bridgehead atoms. The normalized spacial score (nSPS) is 13.7. The summed E-state index contributed by atoms with van der Waals surface area (Å²) in [6.07, 6.45) is -0.477. The fraction of sp³-hybridized carbons (Fsp3) is 1.00. The number of hydrogen-bond donors (Lipinski definition) is 1. The van der Waals surface area contributed by atoms with Crippen LogP contribution in [0.3, 0.4) is 0 Å². The molecule has 0 aliphatic carbocycles. The maximum absolute atomic E-state index is 12.4. The van der Waals surface area contributed by atoms with Crippen molar-refractivity contribution in [2.75, 3.05) is 19.8 Å². The van der Waals surface area contributed by atoms with Crippen LogP contribution in [0.2, 0.25) is 0 Å². The van der Waals surface area contributed by atoms with Crippen LogP contribution in [0.25, 0.3) is 0 Å². The maximum Gasteiger partial charge on any atom is 0.125 e. The summed E-state index contributed by atoms with van der Waals surface area (Å²) in [7, 11) is 0. The Bertz CT molecular complexity index is 61.0. The average Bonchev–Trinajstić information content (AvgIpc) is 1.85. The van der Waals surface area contributed by atoms with Crippen LogP contribution < -0.4 is 5.73 Å². The van der Waals surface area contributed by atoms with Crippen molar-refractivity contribution in [1.29, 1.82) is 0 Å². The first-order valence-corrected chi connectivity index (χ1v) is 3.23. The van der Waals surface area contributed by atoms with Crippen molar-refractivity contribution < 1.29 is 9.13 Å². The second kappa shape index (κ2) is 5.98. The third-order valence-corrected chi connectivity index (χ3v) is 0.983. The van der Waals surface area contributed by atoms with Crippen molar-refractivity contribution in [3.8, 4) is 0 Å². The molecule has 0 saturated heterocycles. The molecule has 0 aromatic carbocycles. The van der Waals surface area contributed by atoms with Crippen LogP contribution in [0.5, 0.6) is 0 Å². The molecular weight excluding hydrogens is 121 g/mol. The Kier molecular flexibility index (Phi) is 5.88. The number of halogens is 1.